The van der Waals surface area contributed by atoms with E-state index in [9.17, 15) is 5.26 Å². The van der Waals surface area contributed by atoms with Crippen LogP contribution in [0.25, 0.3) is 66.5 Å². The van der Waals surface area contributed by atoms with E-state index in [-0.39, 0.29) is 0 Å². The third kappa shape index (κ3) is 3.27. The van der Waals surface area contributed by atoms with Crippen LogP contribution >= 0.6 is 0 Å². The van der Waals surface area contributed by atoms with Crippen LogP contribution in [0.5, 0.6) is 0 Å². The van der Waals surface area contributed by atoms with Gasteiger partial charge in [0.15, 0.2) is 0 Å². The molecule has 0 saturated carbocycles. The number of fused-ring (bicyclic) bond motifs is 6. The van der Waals surface area contributed by atoms with Crippen molar-refractivity contribution in [3.63, 3.8) is 0 Å². The van der Waals surface area contributed by atoms with Crippen LogP contribution in [-0.4, -0.2) is 19.1 Å². The van der Waals surface area contributed by atoms with Gasteiger partial charge < -0.3 is 0 Å². The summed E-state index contributed by atoms with van der Waals surface area (Å²) in [5.74, 6) is 1.60. The summed E-state index contributed by atoms with van der Waals surface area (Å²) in [4.78, 5) is 10.1. The summed E-state index contributed by atoms with van der Waals surface area (Å²) in [6, 6.07) is 43.5. The molecule has 0 spiro atoms. The lowest BCUT2D eigenvalue weighted by Crippen LogP contribution is -2.05. The van der Waals surface area contributed by atoms with Gasteiger partial charge in [-0.15, -0.1) is 0 Å². The van der Waals surface area contributed by atoms with Crippen LogP contribution in [0, 0.1) is 11.3 Å². The molecule has 4 aromatic carbocycles. The Morgan fingerprint density at radius 1 is 0.525 bits per heavy atom. The molecule has 0 aliphatic rings. The van der Waals surface area contributed by atoms with Crippen molar-refractivity contribution in [1.82, 2.24) is 19.1 Å². The number of hydrogen-bond acceptors (Lipinski definition) is 3. The van der Waals surface area contributed by atoms with E-state index in [1.165, 1.54) is 10.8 Å². The molecule has 0 saturated heterocycles. The summed E-state index contributed by atoms with van der Waals surface area (Å²) in [6.07, 6.45) is 1.83. The zero-order chi connectivity index (χ0) is 26.6. The highest BCUT2D eigenvalue weighted by atomic mass is 15.2. The molecule has 186 valence electrons. The van der Waals surface area contributed by atoms with Crippen LogP contribution in [0.4, 0.5) is 0 Å². The molecule has 0 atom stereocenters. The fourth-order valence-electron chi connectivity index (χ4n) is 5.83. The average Bonchev–Trinajstić information content (AvgIpc) is 3.54. The van der Waals surface area contributed by atoms with Gasteiger partial charge >= 0.3 is 0 Å². The Bertz CT molecular complexity index is 2040. The molecular formula is C35H21N5. The van der Waals surface area contributed by atoms with Crippen molar-refractivity contribution in [2.45, 2.75) is 0 Å². The quantitative estimate of drug-likeness (QED) is 0.240. The summed E-state index contributed by atoms with van der Waals surface area (Å²) in [5, 5.41) is 14.0. The smallest absolute Gasteiger partial charge is 0.146 e. The Labute approximate surface area is 229 Å². The Morgan fingerprint density at radius 3 is 1.68 bits per heavy atom. The molecule has 0 aliphatic heterocycles. The summed E-state index contributed by atoms with van der Waals surface area (Å²) in [7, 11) is 0. The summed E-state index contributed by atoms with van der Waals surface area (Å²) >= 11 is 0. The third-order valence-electron chi connectivity index (χ3n) is 7.62. The minimum Gasteiger partial charge on any atom is -0.294 e. The van der Waals surface area contributed by atoms with E-state index in [1.54, 1.807) is 0 Å². The third-order valence-corrected chi connectivity index (χ3v) is 7.62. The lowest BCUT2D eigenvalue weighted by Gasteiger charge is -2.14. The summed E-state index contributed by atoms with van der Waals surface area (Å²) in [6.45, 7) is 0. The molecule has 8 aromatic rings. The number of aromatic nitrogens is 4. The first kappa shape index (κ1) is 22.3. The molecule has 5 nitrogen and oxygen atoms in total. The SMILES string of the molecule is N#Cc1ccc(-c2cc(-n3c4ccccc4c4ccccc43)nc(-n3c4ccccc4c4cccnc43)c2)cc1. The second-order valence-corrected chi connectivity index (χ2v) is 9.86. The van der Waals surface area contributed by atoms with E-state index in [1.807, 2.05) is 36.5 Å². The highest BCUT2D eigenvalue weighted by Crippen LogP contribution is 2.35. The number of nitriles is 1. The molecule has 4 aromatic heterocycles. The lowest BCUT2D eigenvalue weighted by molar-refractivity contribution is 1.00. The lowest BCUT2D eigenvalue weighted by atomic mass is 10.0. The predicted molar refractivity (Wildman–Crippen MR) is 161 cm³/mol. The Kier molecular flexibility index (Phi) is 4.82. The van der Waals surface area contributed by atoms with Crippen LogP contribution < -0.4 is 0 Å². The molecule has 4 heterocycles. The number of nitrogens with zero attached hydrogens (tertiary/aromatic N) is 5. The maximum atomic E-state index is 9.37. The maximum Gasteiger partial charge on any atom is 0.146 e. The highest BCUT2D eigenvalue weighted by molar-refractivity contribution is 6.09. The monoisotopic (exact) mass is 511 g/mol. The van der Waals surface area contributed by atoms with Gasteiger partial charge in [-0.1, -0.05) is 66.7 Å². The molecule has 0 bridgehead atoms. The van der Waals surface area contributed by atoms with E-state index >= 15 is 0 Å². The second kappa shape index (κ2) is 8.65. The zero-order valence-corrected chi connectivity index (χ0v) is 21.4. The van der Waals surface area contributed by atoms with E-state index in [0.717, 1.165) is 55.7 Å². The van der Waals surface area contributed by atoms with E-state index in [2.05, 4.69) is 106 Å². The zero-order valence-electron chi connectivity index (χ0n) is 21.4. The fraction of sp³-hybridized carbons (Fsp3) is 0. The van der Waals surface area contributed by atoms with Gasteiger partial charge in [0.1, 0.15) is 17.3 Å². The summed E-state index contributed by atoms with van der Waals surface area (Å²) < 4.78 is 4.39. The van der Waals surface area contributed by atoms with Gasteiger partial charge in [-0.25, -0.2) is 9.97 Å². The first-order chi connectivity index (χ1) is 19.8. The minimum absolute atomic E-state index is 0.632. The molecule has 0 amide bonds. The van der Waals surface area contributed by atoms with Gasteiger partial charge in [-0.05, 0) is 65.7 Å². The topological polar surface area (TPSA) is 59.4 Å². The van der Waals surface area contributed by atoms with Gasteiger partial charge in [0, 0.05) is 27.7 Å². The van der Waals surface area contributed by atoms with E-state index in [0.29, 0.717) is 5.56 Å². The number of benzene rings is 4. The molecule has 5 heteroatoms. The van der Waals surface area contributed by atoms with Crippen molar-refractivity contribution in [1.29, 1.82) is 5.26 Å². The maximum absolute atomic E-state index is 9.37. The van der Waals surface area contributed by atoms with Crippen LogP contribution in [0.3, 0.4) is 0 Å². The predicted octanol–water partition coefficient (Wildman–Crippen LogP) is 8.21. The Hall–Kier alpha value is -5.73. The van der Waals surface area contributed by atoms with E-state index in [4.69, 9.17) is 9.97 Å². The normalized spacial score (nSPS) is 11.5. The van der Waals surface area contributed by atoms with Gasteiger partial charge in [0.25, 0.3) is 0 Å². The number of rotatable bonds is 3. The summed E-state index contributed by atoms with van der Waals surface area (Å²) in [5.41, 5.74) is 6.76. The first-order valence-corrected chi connectivity index (χ1v) is 13.2. The van der Waals surface area contributed by atoms with Crippen molar-refractivity contribution < 1.29 is 0 Å². The van der Waals surface area contributed by atoms with Crippen molar-refractivity contribution >= 4 is 43.7 Å². The minimum atomic E-state index is 0.632. The molecule has 8 rings (SSSR count). The van der Waals surface area contributed by atoms with E-state index < -0.39 is 0 Å². The largest absolute Gasteiger partial charge is 0.294 e. The van der Waals surface area contributed by atoms with Crippen molar-refractivity contribution in [3.05, 3.63) is 133 Å². The Morgan fingerprint density at radius 2 is 1.05 bits per heavy atom. The van der Waals surface area contributed by atoms with Gasteiger partial charge in [-0.3, -0.25) is 9.13 Å². The molecule has 0 aliphatic carbocycles. The second-order valence-electron chi connectivity index (χ2n) is 9.86. The van der Waals surface area contributed by atoms with Gasteiger partial charge in [0.2, 0.25) is 0 Å². The van der Waals surface area contributed by atoms with Crippen molar-refractivity contribution in [2.24, 2.45) is 0 Å². The van der Waals surface area contributed by atoms with Crippen LogP contribution in [0.15, 0.2) is 128 Å². The molecular weight excluding hydrogens is 490 g/mol. The van der Waals surface area contributed by atoms with Crippen LogP contribution in [-0.2, 0) is 0 Å². The molecule has 0 radical (unpaired) electrons. The average molecular weight is 512 g/mol. The molecule has 0 N–H and O–H groups in total. The van der Waals surface area contributed by atoms with Gasteiger partial charge in [-0.2, -0.15) is 5.26 Å². The van der Waals surface area contributed by atoms with Crippen LogP contribution in [0.2, 0.25) is 0 Å². The molecule has 0 fully saturated rings. The van der Waals surface area contributed by atoms with Crippen LogP contribution in [0.1, 0.15) is 5.56 Å². The molecule has 40 heavy (non-hydrogen) atoms. The number of pyridine rings is 2. The number of hydrogen-bond donors (Lipinski definition) is 0. The Balaban J connectivity index is 1.49. The fourth-order valence-corrected chi connectivity index (χ4v) is 5.83. The standard InChI is InChI=1S/C35H21N5/c36-22-23-15-17-24(18-16-23)25-20-33(39-30-12-4-1-8-26(30)27-9-2-5-13-31(27)39)38-34(21-25)40-32-14-6-3-10-28(32)29-11-7-19-37-35(29)40/h1-21H. The highest BCUT2D eigenvalue weighted by Gasteiger charge is 2.18. The number of para-hydroxylation sites is 3. The van der Waals surface area contributed by atoms with Gasteiger partial charge in [0.05, 0.1) is 28.2 Å². The van der Waals surface area contributed by atoms with Crippen molar-refractivity contribution in [2.75, 3.05) is 0 Å². The first-order valence-electron chi connectivity index (χ1n) is 13.2. The molecule has 0 unspecified atom stereocenters. The van der Waals surface area contributed by atoms with Crippen molar-refractivity contribution in [3.8, 4) is 28.8 Å².